The van der Waals surface area contributed by atoms with Gasteiger partial charge in [-0.05, 0) is 72.2 Å². The van der Waals surface area contributed by atoms with Crippen LogP contribution in [0.5, 0.6) is 0 Å². The van der Waals surface area contributed by atoms with Crippen molar-refractivity contribution in [1.29, 1.82) is 0 Å². The minimum absolute atomic E-state index is 0.306. The number of sulfonamides is 1. The van der Waals surface area contributed by atoms with Gasteiger partial charge in [-0.2, -0.15) is 17.5 Å². The van der Waals surface area contributed by atoms with Crippen LogP contribution in [0.2, 0.25) is 0 Å². The number of hydrogen-bond acceptors (Lipinski definition) is 5. The lowest BCUT2D eigenvalue weighted by Crippen LogP contribution is -2.43. The van der Waals surface area contributed by atoms with Crippen LogP contribution < -0.4 is 16.4 Å². The van der Waals surface area contributed by atoms with Crippen LogP contribution in [-0.2, 0) is 38.8 Å². The van der Waals surface area contributed by atoms with Crippen molar-refractivity contribution in [3.8, 4) is 0 Å². The van der Waals surface area contributed by atoms with Crippen LogP contribution in [0, 0.1) is 5.92 Å². The molecule has 8 nitrogen and oxygen atoms in total. The third-order valence-corrected chi connectivity index (χ3v) is 9.58. The van der Waals surface area contributed by atoms with Crippen LogP contribution in [-0.4, -0.2) is 37.6 Å². The van der Waals surface area contributed by atoms with Gasteiger partial charge in [0.2, 0.25) is 21.8 Å². The molecule has 3 aromatic rings. The van der Waals surface area contributed by atoms with E-state index < -0.39 is 57.5 Å². The quantitative estimate of drug-likeness (QED) is 0.235. The fourth-order valence-corrected chi connectivity index (χ4v) is 7.23. The number of nitrogens with two attached hydrogens (primary N) is 1. The number of alkyl halides is 3. The summed E-state index contributed by atoms with van der Waals surface area (Å²) in [4.78, 5) is 25.1. The molecule has 1 aliphatic rings. The normalized spacial score (nSPS) is 15.9. The van der Waals surface area contributed by atoms with Gasteiger partial charge in [0.1, 0.15) is 0 Å². The fraction of sp³-hybridized carbons (Fsp3) is 0.394. The van der Waals surface area contributed by atoms with Crippen molar-refractivity contribution in [2.24, 2.45) is 11.7 Å². The van der Waals surface area contributed by atoms with Crippen LogP contribution in [0.25, 0.3) is 0 Å². The molecule has 0 spiro atoms. The molecule has 242 valence electrons. The highest BCUT2D eigenvalue weighted by Gasteiger charge is 2.38. The molecule has 2 amide bonds. The number of amides is 2. The average Bonchev–Trinajstić information content (AvgIpc) is 2.98. The molecule has 0 bridgehead atoms. The number of rotatable bonds is 13. The molecule has 0 aromatic heterocycles. The summed E-state index contributed by atoms with van der Waals surface area (Å²) in [6, 6.07) is 16.1. The maximum absolute atomic E-state index is 13.9. The third-order valence-electron chi connectivity index (χ3n) is 7.73. The molecule has 3 aromatic carbocycles. The first-order valence-electron chi connectivity index (χ1n) is 14.9. The Bertz CT molecular complexity index is 1600. The number of carbonyl (C=O) groups is 2. The van der Waals surface area contributed by atoms with E-state index in [1.807, 2.05) is 12.1 Å². The molecule has 1 aliphatic carbocycles. The Balaban J connectivity index is 1.62. The van der Waals surface area contributed by atoms with Gasteiger partial charge in [0.15, 0.2) is 0 Å². The molecule has 45 heavy (non-hydrogen) atoms. The van der Waals surface area contributed by atoms with Gasteiger partial charge in [-0.25, -0.2) is 8.42 Å². The van der Waals surface area contributed by atoms with Crippen LogP contribution in [0.4, 0.5) is 13.2 Å². The second kappa shape index (κ2) is 14.6. The molecule has 0 heterocycles. The highest BCUT2D eigenvalue weighted by Crippen LogP contribution is 2.35. The Morgan fingerprint density at radius 1 is 1.02 bits per heavy atom. The van der Waals surface area contributed by atoms with E-state index in [-0.39, 0.29) is 6.04 Å². The Labute approximate surface area is 262 Å². The molecule has 0 fully saturated rings. The summed E-state index contributed by atoms with van der Waals surface area (Å²) in [5, 5.41) is 6.48. The van der Waals surface area contributed by atoms with E-state index in [4.69, 9.17) is 5.73 Å². The second-order valence-corrected chi connectivity index (χ2v) is 13.6. The summed E-state index contributed by atoms with van der Waals surface area (Å²) in [7, 11) is -4.73. The minimum Gasteiger partial charge on any atom is -0.369 e. The van der Waals surface area contributed by atoms with Crippen molar-refractivity contribution in [1.82, 2.24) is 14.9 Å². The molecular formula is C33H39F3N4O4S. The predicted octanol–water partition coefficient (Wildman–Crippen LogP) is 5.25. The van der Waals surface area contributed by atoms with Crippen molar-refractivity contribution in [3.63, 3.8) is 0 Å². The second-order valence-electron chi connectivity index (χ2n) is 11.7. The SMILES string of the molecule is CC(C)CNCc1ccc2c(c1)CCCC2NC(=O)CC(c1ccccc1)N(CC(N)=O)S(=O)(=O)c1cccc(C(F)(F)F)c1. The van der Waals surface area contributed by atoms with Crippen molar-refractivity contribution in [2.75, 3.05) is 13.1 Å². The number of nitrogens with one attached hydrogen (secondary N) is 2. The number of halogens is 3. The van der Waals surface area contributed by atoms with Crippen molar-refractivity contribution < 1.29 is 31.2 Å². The smallest absolute Gasteiger partial charge is 0.369 e. The van der Waals surface area contributed by atoms with Gasteiger partial charge in [-0.1, -0.05) is 68.4 Å². The van der Waals surface area contributed by atoms with Crippen molar-refractivity contribution in [2.45, 2.75) is 69.2 Å². The Morgan fingerprint density at radius 2 is 1.76 bits per heavy atom. The van der Waals surface area contributed by atoms with E-state index in [0.29, 0.717) is 28.3 Å². The van der Waals surface area contributed by atoms with Crippen LogP contribution >= 0.6 is 0 Å². The molecule has 4 N–H and O–H groups in total. The van der Waals surface area contributed by atoms with Crippen molar-refractivity contribution in [3.05, 3.63) is 101 Å². The summed E-state index contributed by atoms with van der Waals surface area (Å²) in [5.41, 5.74) is 7.94. The number of benzene rings is 3. The molecule has 0 radical (unpaired) electrons. The Hall–Kier alpha value is -3.74. The van der Waals surface area contributed by atoms with E-state index >= 15 is 0 Å². The van der Waals surface area contributed by atoms with Gasteiger partial charge in [0.05, 0.1) is 29.1 Å². The number of primary amides is 1. The predicted molar refractivity (Wildman–Crippen MR) is 165 cm³/mol. The number of hydrogen-bond donors (Lipinski definition) is 3. The van der Waals surface area contributed by atoms with Gasteiger partial charge in [-0.15, -0.1) is 0 Å². The largest absolute Gasteiger partial charge is 0.416 e. The van der Waals surface area contributed by atoms with E-state index in [1.165, 1.54) is 0 Å². The maximum Gasteiger partial charge on any atom is 0.416 e. The van der Waals surface area contributed by atoms with Crippen LogP contribution in [0.1, 0.15) is 73.0 Å². The third kappa shape index (κ3) is 8.93. The van der Waals surface area contributed by atoms with Crippen LogP contribution in [0.15, 0.2) is 77.7 Å². The van der Waals surface area contributed by atoms with Gasteiger partial charge >= 0.3 is 6.18 Å². The Morgan fingerprint density at radius 3 is 2.42 bits per heavy atom. The van der Waals surface area contributed by atoms with Gasteiger partial charge in [0.25, 0.3) is 0 Å². The fourth-order valence-electron chi connectivity index (χ4n) is 5.61. The van der Waals surface area contributed by atoms with Gasteiger partial charge in [-0.3, -0.25) is 9.59 Å². The average molecular weight is 645 g/mol. The molecule has 0 saturated heterocycles. The highest BCUT2D eigenvalue weighted by molar-refractivity contribution is 7.89. The summed E-state index contributed by atoms with van der Waals surface area (Å²) >= 11 is 0. The summed E-state index contributed by atoms with van der Waals surface area (Å²) in [6.07, 6.45) is -2.78. The lowest BCUT2D eigenvalue weighted by atomic mass is 9.86. The first-order valence-corrected chi connectivity index (χ1v) is 16.3. The molecule has 0 aliphatic heterocycles. The van der Waals surface area contributed by atoms with Crippen LogP contribution in [0.3, 0.4) is 0 Å². The topological polar surface area (TPSA) is 122 Å². The van der Waals surface area contributed by atoms with E-state index in [2.05, 4.69) is 30.5 Å². The van der Waals surface area contributed by atoms with Crippen molar-refractivity contribution >= 4 is 21.8 Å². The first kappa shape index (κ1) is 34.1. The van der Waals surface area contributed by atoms with E-state index in [1.54, 1.807) is 30.3 Å². The molecule has 2 unspecified atom stereocenters. The zero-order valence-electron chi connectivity index (χ0n) is 25.3. The molecule has 2 atom stereocenters. The molecule has 4 rings (SSSR count). The van der Waals surface area contributed by atoms with Gasteiger partial charge in [0, 0.05) is 13.0 Å². The number of nitrogens with zero attached hydrogens (tertiary/aromatic N) is 1. The number of fused-ring (bicyclic) bond motifs is 1. The first-order chi connectivity index (χ1) is 21.3. The zero-order valence-corrected chi connectivity index (χ0v) is 26.1. The molecule has 0 saturated carbocycles. The number of carbonyl (C=O) groups excluding carboxylic acids is 2. The van der Waals surface area contributed by atoms with E-state index in [9.17, 15) is 31.2 Å². The minimum atomic E-state index is -4.79. The molecular weight excluding hydrogens is 605 g/mol. The maximum atomic E-state index is 13.9. The lowest BCUT2D eigenvalue weighted by Gasteiger charge is -2.32. The lowest BCUT2D eigenvalue weighted by molar-refractivity contribution is -0.137. The van der Waals surface area contributed by atoms with E-state index in [0.717, 1.165) is 60.8 Å². The summed E-state index contributed by atoms with van der Waals surface area (Å²) < 4.78 is 68.8. The summed E-state index contributed by atoms with van der Waals surface area (Å²) in [5.74, 6) is -0.967. The summed E-state index contributed by atoms with van der Waals surface area (Å²) in [6.45, 7) is 5.07. The standard InChI is InChI=1S/C33H39F3N4O4S/c1-22(2)19-38-20-23-14-15-28-25(16-23)10-6-13-29(28)39-32(42)18-30(24-8-4-3-5-9-24)40(21-31(37)41)45(43,44)27-12-7-11-26(17-27)33(34,35)36/h3-5,7-9,11-12,14-17,22,29-30,38H,6,10,13,18-21H2,1-2H3,(H2,37,41)(H,39,42). The zero-order chi connectivity index (χ0) is 32.8. The highest BCUT2D eigenvalue weighted by atomic mass is 32.2. The number of aryl methyl sites for hydroxylation is 1. The molecule has 12 heteroatoms. The Kier molecular flexibility index (Phi) is 11.1. The monoisotopic (exact) mass is 644 g/mol. The van der Waals surface area contributed by atoms with Gasteiger partial charge < -0.3 is 16.4 Å².